The van der Waals surface area contributed by atoms with E-state index in [2.05, 4.69) is 17.4 Å². The van der Waals surface area contributed by atoms with E-state index >= 15 is 0 Å². The summed E-state index contributed by atoms with van der Waals surface area (Å²) in [6.07, 6.45) is 2.99. The third-order valence-electron chi connectivity index (χ3n) is 4.74. The van der Waals surface area contributed by atoms with Crippen molar-refractivity contribution in [1.29, 1.82) is 0 Å². The minimum absolute atomic E-state index is 0.0154. The van der Waals surface area contributed by atoms with Crippen molar-refractivity contribution in [3.63, 3.8) is 0 Å². The van der Waals surface area contributed by atoms with Gasteiger partial charge in [-0.1, -0.05) is 31.2 Å². The molecule has 1 aliphatic rings. The monoisotopic (exact) mass is 275 g/mol. The van der Waals surface area contributed by atoms with Gasteiger partial charge in [0.25, 0.3) is 0 Å². The quantitative estimate of drug-likeness (QED) is 0.886. The van der Waals surface area contributed by atoms with Crippen LogP contribution < -0.4 is 5.32 Å². The highest BCUT2D eigenvalue weighted by Crippen LogP contribution is 2.37. The van der Waals surface area contributed by atoms with Gasteiger partial charge in [-0.2, -0.15) is 0 Å². The molecule has 0 aliphatic heterocycles. The van der Waals surface area contributed by atoms with Crippen LogP contribution in [0.1, 0.15) is 44.7 Å². The molecule has 20 heavy (non-hydrogen) atoms. The molecule has 3 unspecified atom stereocenters. The number of hydrogen-bond acceptors (Lipinski definition) is 2. The summed E-state index contributed by atoms with van der Waals surface area (Å²) in [6, 6.07) is 8.24. The third-order valence-corrected chi connectivity index (χ3v) is 4.74. The lowest BCUT2D eigenvalue weighted by Gasteiger charge is -2.36. The molecule has 0 radical (unpaired) electrons. The molecule has 2 N–H and O–H groups in total. The van der Waals surface area contributed by atoms with Gasteiger partial charge in [0.15, 0.2) is 0 Å². The first kappa shape index (κ1) is 15.0. The lowest BCUT2D eigenvalue weighted by molar-refractivity contribution is -0.127. The molecule has 1 amide bonds. The molecular formula is C17H25NO2. The van der Waals surface area contributed by atoms with E-state index in [4.69, 9.17) is 0 Å². The second-order valence-electron chi connectivity index (χ2n) is 6.26. The van der Waals surface area contributed by atoms with Crippen LogP contribution in [0.4, 0.5) is 0 Å². The van der Waals surface area contributed by atoms with Crippen molar-refractivity contribution in [3.8, 4) is 0 Å². The van der Waals surface area contributed by atoms with E-state index in [-0.39, 0.29) is 24.5 Å². The Kier molecular flexibility index (Phi) is 4.48. The maximum Gasteiger partial charge on any atom is 0.230 e. The number of carbonyl (C=O) groups is 1. The largest absolute Gasteiger partial charge is 0.396 e. The van der Waals surface area contributed by atoms with Crippen LogP contribution in [0.25, 0.3) is 0 Å². The Balaban J connectivity index is 2.21. The van der Waals surface area contributed by atoms with Crippen LogP contribution in [0.3, 0.4) is 0 Å². The highest BCUT2D eigenvalue weighted by atomic mass is 16.3. The summed E-state index contributed by atoms with van der Waals surface area (Å²) in [5.41, 5.74) is 2.00. The van der Waals surface area contributed by atoms with Gasteiger partial charge in [-0.25, -0.2) is 0 Å². The van der Waals surface area contributed by atoms with Gasteiger partial charge in [-0.05, 0) is 50.2 Å². The Morgan fingerprint density at radius 3 is 2.80 bits per heavy atom. The Bertz CT molecular complexity index is 486. The smallest absolute Gasteiger partial charge is 0.230 e. The number of fused-ring (bicyclic) bond motifs is 1. The number of nitrogens with one attached hydrogen (secondary N) is 1. The maximum atomic E-state index is 12.7. The minimum atomic E-state index is -0.446. The van der Waals surface area contributed by atoms with Crippen LogP contribution in [-0.2, 0) is 16.6 Å². The van der Waals surface area contributed by atoms with Crippen molar-refractivity contribution >= 4 is 5.91 Å². The Hall–Kier alpha value is -1.35. The number of hydrogen-bond donors (Lipinski definition) is 2. The molecule has 1 aliphatic carbocycles. The van der Waals surface area contributed by atoms with E-state index in [1.165, 1.54) is 5.56 Å². The first-order valence-electron chi connectivity index (χ1n) is 7.49. The Morgan fingerprint density at radius 2 is 2.10 bits per heavy atom. The molecule has 110 valence electrons. The van der Waals surface area contributed by atoms with E-state index in [1.54, 1.807) is 0 Å². The Morgan fingerprint density at radius 1 is 1.40 bits per heavy atom. The van der Waals surface area contributed by atoms with Gasteiger partial charge in [0.2, 0.25) is 5.91 Å². The van der Waals surface area contributed by atoms with Gasteiger partial charge in [0, 0.05) is 12.6 Å². The first-order valence-corrected chi connectivity index (χ1v) is 7.49. The van der Waals surface area contributed by atoms with E-state index in [0.717, 1.165) is 24.8 Å². The fraction of sp³-hybridized carbons (Fsp3) is 0.588. The zero-order valence-corrected chi connectivity index (χ0v) is 12.6. The van der Waals surface area contributed by atoms with Crippen molar-refractivity contribution in [2.75, 3.05) is 6.61 Å². The van der Waals surface area contributed by atoms with E-state index in [0.29, 0.717) is 0 Å². The standard InChI is InChI=1S/C17H25NO2/c1-12(11-19)13(2)18-16(20)17(3)10-6-8-14-7-4-5-9-15(14)17/h4-5,7,9,12-13,19H,6,8,10-11H2,1-3H3,(H,18,20). The molecule has 2 rings (SSSR count). The van der Waals surface area contributed by atoms with Gasteiger partial charge >= 0.3 is 0 Å². The molecule has 3 atom stereocenters. The number of benzene rings is 1. The minimum Gasteiger partial charge on any atom is -0.396 e. The van der Waals surface area contributed by atoms with Crippen LogP contribution >= 0.6 is 0 Å². The summed E-state index contributed by atoms with van der Waals surface area (Å²) in [6.45, 7) is 6.03. The van der Waals surface area contributed by atoms with Gasteiger partial charge in [0.1, 0.15) is 0 Å². The molecule has 0 aromatic heterocycles. The van der Waals surface area contributed by atoms with Crippen molar-refractivity contribution in [2.45, 2.75) is 51.5 Å². The summed E-state index contributed by atoms with van der Waals surface area (Å²) < 4.78 is 0. The van der Waals surface area contributed by atoms with E-state index < -0.39 is 5.41 Å². The van der Waals surface area contributed by atoms with Crippen LogP contribution in [-0.4, -0.2) is 23.7 Å². The zero-order valence-electron chi connectivity index (χ0n) is 12.6. The van der Waals surface area contributed by atoms with Gasteiger partial charge < -0.3 is 10.4 Å². The highest BCUT2D eigenvalue weighted by molar-refractivity contribution is 5.88. The molecule has 0 heterocycles. The molecule has 0 saturated carbocycles. The van der Waals surface area contributed by atoms with Gasteiger partial charge in [0.05, 0.1) is 5.41 Å². The lowest BCUT2D eigenvalue weighted by Crippen LogP contribution is -2.49. The SMILES string of the molecule is CC(CO)C(C)NC(=O)C1(C)CCCc2ccccc21. The molecule has 0 bridgehead atoms. The number of aliphatic hydroxyl groups excluding tert-OH is 1. The summed E-state index contributed by atoms with van der Waals surface area (Å²) >= 11 is 0. The van der Waals surface area contributed by atoms with Gasteiger partial charge in [-0.3, -0.25) is 4.79 Å². The number of rotatable bonds is 4. The lowest BCUT2D eigenvalue weighted by atomic mass is 9.70. The van der Waals surface area contributed by atoms with Crippen LogP contribution in [0.5, 0.6) is 0 Å². The third kappa shape index (κ3) is 2.73. The number of carbonyl (C=O) groups excluding carboxylic acids is 1. The van der Waals surface area contributed by atoms with Crippen molar-refractivity contribution < 1.29 is 9.90 Å². The number of amides is 1. The second kappa shape index (κ2) is 5.96. The molecule has 0 saturated heterocycles. The van der Waals surface area contributed by atoms with Crippen LogP contribution in [0.15, 0.2) is 24.3 Å². The zero-order chi connectivity index (χ0) is 14.8. The van der Waals surface area contributed by atoms with Gasteiger partial charge in [-0.15, -0.1) is 0 Å². The summed E-state index contributed by atoms with van der Waals surface area (Å²) in [5, 5.41) is 12.3. The molecule has 3 heteroatoms. The first-order chi connectivity index (χ1) is 9.49. The fourth-order valence-electron chi connectivity index (χ4n) is 2.95. The average molecular weight is 275 g/mol. The molecular weight excluding hydrogens is 250 g/mol. The summed E-state index contributed by atoms with van der Waals surface area (Å²) in [4.78, 5) is 12.7. The maximum absolute atomic E-state index is 12.7. The predicted octanol–water partition coefficient (Wildman–Crippen LogP) is 2.41. The van der Waals surface area contributed by atoms with Crippen molar-refractivity contribution in [3.05, 3.63) is 35.4 Å². The van der Waals surface area contributed by atoms with E-state index in [1.807, 2.05) is 32.9 Å². The van der Waals surface area contributed by atoms with E-state index in [9.17, 15) is 9.90 Å². The molecule has 3 nitrogen and oxygen atoms in total. The molecule has 1 aromatic rings. The topological polar surface area (TPSA) is 49.3 Å². The summed E-state index contributed by atoms with van der Waals surface area (Å²) in [7, 11) is 0. The molecule has 1 aromatic carbocycles. The highest BCUT2D eigenvalue weighted by Gasteiger charge is 2.39. The molecule has 0 spiro atoms. The average Bonchev–Trinajstić information content (AvgIpc) is 2.46. The Labute approximate surface area is 121 Å². The van der Waals surface area contributed by atoms with Crippen LogP contribution in [0.2, 0.25) is 0 Å². The number of aryl methyl sites for hydroxylation is 1. The van der Waals surface area contributed by atoms with Crippen molar-refractivity contribution in [2.24, 2.45) is 5.92 Å². The fourth-order valence-corrected chi connectivity index (χ4v) is 2.95. The summed E-state index contributed by atoms with van der Waals surface area (Å²) in [5.74, 6) is 0.152. The molecule has 0 fully saturated rings. The van der Waals surface area contributed by atoms with Crippen molar-refractivity contribution in [1.82, 2.24) is 5.32 Å². The number of aliphatic hydroxyl groups is 1. The van der Waals surface area contributed by atoms with Crippen LogP contribution in [0, 0.1) is 5.92 Å². The predicted molar refractivity (Wildman–Crippen MR) is 80.6 cm³/mol. The second-order valence-corrected chi connectivity index (χ2v) is 6.26. The normalized spacial score (nSPS) is 24.6.